The van der Waals surface area contributed by atoms with Gasteiger partial charge in [-0.05, 0) is 55.5 Å². The lowest BCUT2D eigenvalue weighted by Crippen LogP contribution is -2.21. The second kappa shape index (κ2) is 10.1. The molecule has 0 amide bonds. The molecule has 5 rings (SSSR count). The second-order valence-corrected chi connectivity index (χ2v) is 9.29. The normalized spacial score (nSPS) is 11.1. The van der Waals surface area contributed by atoms with Crippen molar-refractivity contribution in [1.29, 1.82) is 0 Å². The van der Waals surface area contributed by atoms with Gasteiger partial charge >= 0.3 is 0 Å². The Morgan fingerprint density at radius 1 is 0.972 bits per heavy atom. The van der Waals surface area contributed by atoms with Gasteiger partial charge in [0.05, 0.1) is 36.5 Å². The molecule has 5 aromatic rings. The molecule has 0 radical (unpaired) electrons. The Kier molecular flexibility index (Phi) is 6.71. The molecule has 2 aromatic heterocycles. The Balaban J connectivity index is 1.55. The number of oxazole rings is 1. The molecule has 0 fully saturated rings. The lowest BCUT2D eigenvalue weighted by molar-refractivity contribution is 0.354. The number of methoxy groups -OCH3 is 2. The number of benzene rings is 3. The minimum atomic E-state index is -0.172. The molecule has 0 saturated heterocycles. The zero-order valence-electron chi connectivity index (χ0n) is 19.8. The fourth-order valence-electron chi connectivity index (χ4n) is 3.81. The molecule has 7 nitrogen and oxygen atoms in total. The quantitative estimate of drug-likeness (QED) is 0.184. The number of aromatic nitrogens is 3. The Morgan fingerprint density at radius 2 is 1.72 bits per heavy atom. The van der Waals surface area contributed by atoms with E-state index in [9.17, 15) is 4.79 Å². The first-order chi connectivity index (χ1) is 17.5. The highest BCUT2D eigenvalue weighted by molar-refractivity contribution is 7.98. The number of para-hydroxylation sites is 1. The summed E-state index contributed by atoms with van der Waals surface area (Å²) in [6.07, 6.45) is 0. The summed E-state index contributed by atoms with van der Waals surface area (Å²) in [5, 5.41) is 1.70. The standard InChI is InChI=1S/C27H22ClN3O4S/c1-16-22(29-25(35-16)17-8-10-18(28)11-9-17)15-36-27-30-21-7-5-4-6-20(21)26(32)31(27)19-12-13-23(33-2)24(14-19)34-3/h4-14H,15H2,1-3H3. The first-order valence-electron chi connectivity index (χ1n) is 11.1. The van der Waals surface area contributed by atoms with E-state index in [1.165, 1.54) is 11.8 Å². The van der Waals surface area contributed by atoms with E-state index in [4.69, 9.17) is 30.5 Å². The van der Waals surface area contributed by atoms with Crippen molar-refractivity contribution >= 4 is 34.3 Å². The molecule has 0 bridgehead atoms. The minimum Gasteiger partial charge on any atom is -0.493 e. The Hall–Kier alpha value is -3.75. The summed E-state index contributed by atoms with van der Waals surface area (Å²) in [5.74, 6) is 2.77. The van der Waals surface area contributed by atoms with Crippen molar-refractivity contribution in [3.05, 3.63) is 93.6 Å². The average molecular weight is 520 g/mol. The summed E-state index contributed by atoms with van der Waals surface area (Å²) in [6.45, 7) is 1.87. The molecule has 36 heavy (non-hydrogen) atoms. The van der Waals surface area contributed by atoms with Crippen molar-refractivity contribution < 1.29 is 13.9 Å². The van der Waals surface area contributed by atoms with E-state index in [-0.39, 0.29) is 5.56 Å². The highest BCUT2D eigenvalue weighted by Gasteiger charge is 2.18. The lowest BCUT2D eigenvalue weighted by Gasteiger charge is -2.15. The van der Waals surface area contributed by atoms with Crippen molar-refractivity contribution in [2.24, 2.45) is 0 Å². The Labute approximate surface area is 216 Å². The Morgan fingerprint density at radius 3 is 2.47 bits per heavy atom. The monoisotopic (exact) mass is 519 g/mol. The number of hydrogen-bond acceptors (Lipinski definition) is 7. The molecule has 0 aliphatic carbocycles. The van der Waals surface area contributed by atoms with Gasteiger partial charge in [-0.25, -0.2) is 9.97 Å². The summed E-state index contributed by atoms with van der Waals surface area (Å²) in [6, 6.07) is 20.0. The van der Waals surface area contributed by atoms with Crippen LogP contribution in [-0.2, 0) is 5.75 Å². The van der Waals surface area contributed by atoms with E-state index < -0.39 is 0 Å². The van der Waals surface area contributed by atoms with Gasteiger partial charge in [-0.3, -0.25) is 9.36 Å². The van der Waals surface area contributed by atoms with Crippen LogP contribution in [0.1, 0.15) is 11.5 Å². The largest absolute Gasteiger partial charge is 0.493 e. The molecule has 0 spiro atoms. The number of aryl methyl sites for hydroxylation is 1. The van der Waals surface area contributed by atoms with Crippen LogP contribution in [0, 0.1) is 6.92 Å². The van der Waals surface area contributed by atoms with Gasteiger partial charge in [0, 0.05) is 22.4 Å². The molecule has 2 heterocycles. The molecule has 0 saturated carbocycles. The predicted octanol–water partition coefficient (Wildman–Crippen LogP) is 6.31. The van der Waals surface area contributed by atoms with Crippen LogP contribution in [0.15, 0.2) is 81.1 Å². The maximum atomic E-state index is 13.6. The van der Waals surface area contributed by atoms with Gasteiger partial charge in [0.1, 0.15) is 5.76 Å². The average Bonchev–Trinajstić information content (AvgIpc) is 3.27. The number of halogens is 1. The molecule has 182 valence electrons. The minimum absolute atomic E-state index is 0.172. The predicted molar refractivity (Wildman–Crippen MR) is 142 cm³/mol. The van der Waals surface area contributed by atoms with Gasteiger partial charge in [0.2, 0.25) is 5.89 Å². The van der Waals surface area contributed by atoms with Gasteiger partial charge in [-0.2, -0.15) is 0 Å². The van der Waals surface area contributed by atoms with Crippen LogP contribution in [0.3, 0.4) is 0 Å². The van der Waals surface area contributed by atoms with Crippen molar-refractivity contribution in [3.63, 3.8) is 0 Å². The number of nitrogens with zero attached hydrogens (tertiary/aromatic N) is 3. The van der Waals surface area contributed by atoms with Crippen molar-refractivity contribution in [3.8, 4) is 28.6 Å². The zero-order chi connectivity index (χ0) is 25.2. The van der Waals surface area contributed by atoms with Gasteiger partial charge in [-0.15, -0.1) is 0 Å². The molecule has 3 aromatic carbocycles. The van der Waals surface area contributed by atoms with Crippen LogP contribution in [0.2, 0.25) is 5.02 Å². The van der Waals surface area contributed by atoms with E-state index in [1.807, 2.05) is 43.3 Å². The molecular formula is C27H22ClN3O4S. The van der Waals surface area contributed by atoms with E-state index in [0.717, 1.165) is 11.3 Å². The van der Waals surface area contributed by atoms with Crippen molar-refractivity contribution in [2.75, 3.05) is 14.2 Å². The van der Waals surface area contributed by atoms with Crippen LogP contribution in [0.25, 0.3) is 28.0 Å². The Bertz CT molecular complexity index is 1610. The SMILES string of the molecule is COc1ccc(-n2c(SCc3nc(-c4ccc(Cl)cc4)oc3C)nc3ccccc3c2=O)cc1OC. The molecular weight excluding hydrogens is 498 g/mol. The van der Waals surface area contributed by atoms with Gasteiger partial charge in [0.25, 0.3) is 5.56 Å². The molecule has 0 atom stereocenters. The number of fused-ring (bicyclic) bond motifs is 1. The molecule has 0 unspecified atom stereocenters. The van der Waals surface area contributed by atoms with Gasteiger partial charge in [-0.1, -0.05) is 35.5 Å². The second-order valence-electron chi connectivity index (χ2n) is 7.91. The highest BCUT2D eigenvalue weighted by Crippen LogP contribution is 2.32. The zero-order valence-corrected chi connectivity index (χ0v) is 21.4. The third kappa shape index (κ3) is 4.57. The van der Waals surface area contributed by atoms with Crippen LogP contribution in [0.4, 0.5) is 0 Å². The van der Waals surface area contributed by atoms with Crippen LogP contribution in [0.5, 0.6) is 11.5 Å². The van der Waals surface area contributed by atoms with E-state index in [1.54, 1.807) is 49.1 Å². The van der Waals surface area contributed by atoms with Gasteiger partial charge < -0.3 is 13.9 Å². The third-order valence-corrected chi connectivity index (χ3v) is 6.89. The lowest BCUT2D eigenvalue weighted by atomic mass is 10.2. The fraction of sp³-hybridized carbons (Fsp3) is 0.148. The molecule has 0 aliphatic heterocycles. The highest BCUT2D eigenvalue weighted by atomic mass is 35.5. The maximum absolute atomic E-state index is 13.6. The molecule has 9 heteroatoms. The summed E-state index contributed by atoms with van der Waals surface area (Å²) in [7, 11) is 3.13. The van der Waals surface area contributed by atoms with Crippen LogP contribution in [-0.4, -0.2) is 28.8 Å². The number of rotatable bonds is 7. The maximum Gasteiger partial charge on any atom is 0.266 e. The summed E-state index contributed by atoms with van der Waals surface area (Å²) in [5.41, 5.74) is 2.68. The number of thioether (sulfide) groups is 1. The van der Waals surface area contributed by atoms with Crippen LogP contribution >= 0.6 is 23.4 Å². The molecule has 0 N–H and O–H groups in total. The number of hydrogen-bond donors (Lipinski definition) is 0. The van der Waals surface area contributed by atoms with Crippen molar-refractivity contribution in [1.82, 2.24) is 14.5 Å². The smallest absolute Gasteiger partial charge is 0.266 e. The first kappa shape index (κ1) is 24.0. The third-order valence-electron chi connectivity index (χ3n) is 5.69. The fourth-order valence-corrected chi connectivity index (χ4v) is 4.95. The van der Waals surface area contributed by atoms with E-state index in [0.29, 0.717) is 55.7 Å². The topological polar surface area (TPSA) is 79.4 Å². The molecule has 0 aliphatic rings. The van der Waals surface area contributed by atoms with E-state index in [2.05, 4.69) is 4.98 Å². The van der Waals surface area contributed by atoms with Gasteiger partial charge in [0.15, 0.2) is 16.7 Å². The van der Waals surface area contributed by atoms with Crippen molar-refractivity contribution in [2.45, 2.75) is 17.8 Å². The van der Waals surface area contributed by atoms with E-state index >= 15 is 0 Å². The summed E-state index contributed by atoms with van der Waals surface area (Å²) in [4.78, 5) is 23.1. The first-order valence-corrected chi connectivity index (χ1v) is 12.4. The van der Waals surface area contributed by atoms with Crippen LogP contribution < -0.4 is 15.0 Å². The summed E-state index contributed by atoms with van der Waals surface area (Å²) < 4.78 is 18.3. The summed E-state index contributed by atoms with van der Waals surface area (Å²) >= 11 is 7.41. The number of ether oxygens (including phenoxy) is 2.